The zero-order valence-corrected chi connectivity index (χ0v) is 9.73. The molecule has 1 aromatic heterocycles. The molecule has 0 atom stereocenters. The Balaban J connectivity index is 1.88. The van der Waals surface area contributed by atoms with Crippen molar-refractivity contribution in [3.05, 3.63) is 34.7 Å². The van der Waals surface area contributed by atoms with Gasteiger partial charge in [-0.1, -0.05) is 12.1 Å². The summed E-state index contributed by atoms with van der Waals surface area (Å²) in [4.78, 5) is 1.46. The number of rotatable bonds is 3. The monoisotopic (exact) mass is 217 g/mol. The lowest BCUT2D eigenvalue weighted by Gasteiger charge is -1.97. The van der Waals surface area contributed by atoms with E-state index in [2.05, 4.69) is 36.5 Å². The highest BCUT2D eigenvalue weighted by atomic mass is 32.1. The van der Waals surface area contributed by atoms with Crippen LogP contribution in [0.2, 0.25) is 0 Å². The summed E-state index contributed by atoms with van der Waals surface area (Å²) in [6, 6.07) is 9.69. The SMILES string of the molecule is Cc1cccc2sc(CNC3CC3)cc12. The van der Waals surface area contributed by atoms with Crippen molar-refractivity contribution in [2.24, 2.45) is 0 Å². The van der Waals surface area contributed by atoms with Crippen LogP contribution in [0.4, 0.5) is 0 Å². The highest BCUT2D eigenvalue weighted by molar-refractivity contribution is 7.19. The largest absolute Gasteiger partial charge is 0.309 e. The van der Waals surface area contributed by atoms with Gasteiger partial charge in [-0.2, -0.15) is 0 Å². The number of hydrogen-bond donors (Lipinski definition) is 1. The molecule has 2 heteroatoms. The van der Waals surface area contributed by atoms with Crippen molar-refractivity contribution in [1.29, 1.82) is 0 Å². The van der Waals surface area contributed by atoms with Crippen molar-refractivity contribution in [1.82, 2.24) is 5.32 Å². The quantitative estimate of drug-likeness (QED) is 0.830. The van der Waals surface area contributed by atoms with Crippen LogP contribution in [0.5, 0.6) is 0 Å². The standard InChI is InChI=1S/C13H15NS/c1-9-3-2-4-13-12(9)7-11(15-13)8-14-10-5-6-10/h2-4,7,10,14H,5-6,8H2,1H3. The van der Waals surface area contributed by atoms with E-state index in [1.807, 2.05) is 11.3 Å². The van der Waals surface area contributed by atoms with Crippen molar-refractivity contribution >= 4 is 21.4 Å². The van der Waals surface area contributed by atoms with E-state index < -0.39 is 0 Å². The lowest BCUT2D eigenvalue weighted by atomic mass is 10.1. The first-order valence-corrected chi connectivity index (χ1v) is 6.36. The lowest BCUT2D eigenvalue weighted by molar-refractivity contribution is 0.695. The molecule has 1 saturated carbocycles. The second-order valence-corrected chi connectivity index (χ2v) is 5.52. The van der Waals surface area contributed by atoms with E-state index >= 15 is 0 Å². The Kier molecular flexibility index (Phi) is 2.26. The molecule has 3 rings (SSSR count). The molecule has 0 amide bonds. The second-order valence-electron chi connectivity index (χ2n) is 4.35. The number of benzene rings is 1. The van der Waals surface area contributed by atoms with Gasteiger partial charge in [0.05, 0.1) is 0 Å². The topological polar surface area (TPSA) is 12.0 Å². The Morgan fingerprint density at radius 2 is 2.27 bits per heavy atom. The highest BCUT2D eigenvalue weighted by Crippen LogP contribution is 2.28. The van der Waals surface area contributed by atoms with Crippen LogP contribution in [-0.2, 0) is 6.54 Å². The number of thiophene rings is 1. The molecule has 1 heterocycles. The molecule has 0 radical (unpaired) electrons. The van der Waals surface area contributed by atoms with Gasteiger partial charge in [-0.15, -0.1) is 11.3 Å². The third kappa shape index (κ3) is 1.92. The van der Waals surface area contributed by atoms with Gasteiger partial charge in [0.1, 0.15) is 0 Å². The normalized spacial score (nSPS) is 16.1. The molecule has 0 spiro atoms. The van der Waals surface area contributed by atoms with Crippen LogP contribution in [0.3, 0.4) is 0 Å². The number of nitrogens with one attached hydrogen (secondary N) is 1. The number of hydrogen-bond acceptors (Lipinski definition) is 2. The summed E-state index contributed by atoms with van der Waals surface area (Å²) < 4.78 is 1.42. The highest BCUT2D eigenvalue weighted by Gasteiger charge is 2.20. The maximum Gasteiger partial charge on any atom is 0.0348 e. The second kappa shape index (κ2) is 3.62. The van der Waals surface area contributed by atoms with E-state index in [1.165, 1.54) is 33.4 Å². The minimum atomic E-state index is 0.802. The molecule has 1 aliphatic rings. The maximum absolute atomic E-state index is 3.56. The van der Waals surface area contributed by atoms with E-state index in [0.717, 1.165) is 12.6 Å². The van der Waals surface area contributed by atoms with Gasteiger partial charge in [-0.3, -0.25) is 0 Å². The van der Waals surface area contributed by atoms with Crippen molar-refractivity contribution in [3.8, 4) is 0 Å². The van der Waals surface area contributed by atoms with E-state index in [0.29, 0.717) is 0 Å². The Bertz CT molecular complexity index is 482. The molecule has 1 nitrogen and oxygen atoms in total. The van der Waals surface area contributed by atoms with Gasteiger partial charge in [0.15, 0.2) is 0 Å². The fourth-order valence-electron chi connectivity index (χ4n) is 1.88. The Hall–Kier alpha value is -0.860. The number of fused-ring (bicyclic) bond motifs is 1. The molecule has 0 bridgehead atoms. The molecule has 15 heavy (non-hydrogen) atoms. The van der Waals surface area contributed by atoms with Crippen LogP contribution in [0.15, 0.2) is 24.3 Å². The summed E-state index contributed by atoms with van der Waals surface area (Å²) >= 11 is 1.92. The lowest BCUT2D eigenvalue weighted by Crippen LogP contribution is -2.14. The van der Waals surface area contributed by atoms with Crippen LogP contribution in [0.25, 0.3) is 10.1 Å². The average Bonchev–Trinajstić information content (AvgIpc) is 2.95. The zero-order valence-electron chi connectivity index (χ0n) is 8.92. The fraction of sp³-hybridized carbons (Fsp3) is 0.385. The summed E-state index contributed by atoms with van der Waals surface area (Å²) in [5.41, 5.74) is 1.39. The van der Waals surface area contributed by atoms with Crippen molar-refractivity contribution < 1.29 is 0 Å². The Morgan fingerprint density at radius 1 is 1.40 bits per heavy atom. The van der Waals surface area contributed by atoms with Gasteiger partial charge in [0.2, 0.25) is 0 Å². The smallest absolute Gasteiger partial charge is 0.0348 e. The summed E-state index contributed by atoms with van der Waals surface area (Å²) in [7, 11) is 0. The fourth-order valence-corrected chi connectivity index (χ4v) is 2.97. The van der Waals surface area contributed by atoms with Gasteiger partial charge in [0.25, 0.3) is 0 Å². The molecular weight excluding hydrogens is 202 g/mol. The zero-order chi connectivity index (χ0) is 10.3. The maximum atomic E-state index is 3.56. The van der Waals surface area contributed by atoms with Crippen molar-refractivity contribution in [2.45, 2.75) is 32.4 Å². The van der Waals surface area contributed by atoms with Crippen LogP contribution in [-0.4, -0.2) is 6.04 Å². The summed E-state index contributed by atoms with van der Waals surface area (Å²) in [5, 5.41) is 4.99. The van der Waals surface area contributed by atoms with Gasteiger partial charge < -0.3 is 5.32 Å². The first-order valence-electron chi connectivity index (χ1n) is 5.54. The minimum absolute atomic E-state index is 0.802. The summed E-state index contributed by atoms with van der Waals surface area (Å²) in [6.07, 6.45) is 2.73. The summed E-state index contributed by atoms with van der Waals surface area (Å²) in [6.45, 7) is 3.23. The molecule has 1 aromatic carbocycles. The predicted molar refractivity (Wildman–Crippen MR) is 66.4 cm³/mol. The Labute approximate surface area is 94.1 Å². The summed E-state index contributed by atoms with van der Waals surface area (Å²) in [5.74, 6) is 0. The van der Waals surface area contributed by atoms with E-state index in [-0.39, 0.29) is 0 Å². The third-order valence-corrected chi connectivity index (χ3v) is 4.07. The molecule has 78 valence electrons. The van der Waals surface area contributed by atoms with Crippen LogP contribution >= 0.6 is 11.3 Å². The molecule has 2 aromatic rings. The van der Waals surface area contributed by atoms with Crippen molar-refractivity contribution in [2.75, 3.05) is 0 Å². The minimum Gasteiger partial charge on any atom is -0.309 e. The van der Waals surface area contributed by atoms with Gasteiger partial charge >= 0.3 is 0 Å². The van der Waals surface area contributed by atoms with Crippen LogP contribution < -0.4 is 5.32 Å². The van der Waals surface area contributed by atoms with Gasteiger partial charge in [0, 0.05) is 22.2 Å². The molecule has 0 aliphatic heterocycles. The van der Waals surface area contributed by atoms with Gasteiger partial charge in [-0.05, 0) is 42.8 Å². The van der Waals surface area contributed by atoms with E-state index in [4.69, 9.17) is 0 Å². The third-order valence-electron chi connectivity index (χ3n) is 2.97. The molecule has 0 saturated heterocycles. The number of aryl methyl sites for hydroxylation is 1. The first-order chi connectivity index (χ1) is 7.33. The first kappa shape index (κ1) is 9.37. The van der Waals surface area contributed by atoms with Gasteiger partial charge in [-0.25, -0.2) is 0 Å². The predicted octanol–water partition coefficient (Wildman–Crippen LogP) is 3.46. The van der Waals surface area contributed by atoms with E-state index in [1.54, 1.807) is 0 Å². The van der Waals surface area contributed by atoms with E-state index in [9.17, 15) is 0 Å². The molecular formula is C13H15NS. The van der Waals surface area contributed by atoms with Crippen LogP contribution in [0, 0.1) is 6.92 Å². The molecule has 0 unspecified atom stereocenters. The molecule has 1 N–H and O–H groups in total. The molecule has 1 aliphatic carbocycles. The average molecular weight is 217 g/mol. The van der Waals surface area contributed by atoms with Crippen molar-refractivity contribution in [3.63, 3.8) is 0 Å². The molecule has 1 fully saturated rings. The Morgan fingerprint density at radius 3 is 3.00 bits per heavy atom. The van der Waals surface area contributed by atoms with Crippen LogP contribution in [0.1, 0.15) is 23.3 Å².